The SMILES string of the molecule is CC(Cl)c1nc2cccnc2n1CC1(C)CCCS1. The van der Waals surface area contributed by atoms with Crippen LogP contribution in [0.3, 0.4) is 0 Å². The Kier molecular flexibility index (Phi) is 3.48. The second-order valence-electron chi connectivity index (χ2n) is 5.42. The first-order chi connectivity index (χ1) is 9.09. The summed E-state index contributed by atoms with van der Waals surface area (Å²) in [7, 11) is 0. The number of imidazole rings is 1. The van der Waals surface area contributed by atoms with Crippen molar-refractivity contribution in [3.63, 3.8) is 0 Å². The molecule has 2 atom stereocenters. The summed E-state index contributed by atoms with van der Waals surface area (Å²) in [4.78, 5) is 9.13. The molecule has 0 spiro atoms. The van der Waals surface area contributed by atoms with Crippen molar-refractivity contribution in [2.24, 2.45) is 0 Å². The normalized spacial score (nSPS) is 25.0. The van der Waals surface area contributed by atoms with Crippen molar-refractivity contribution in [3.05, 3.63) is 24.2 Å². The van der Waals surface area contributed by atoms with Gasteiger partial charge in [-0.3, -0.25) is 0 Å². The lowest BCUT2D eigenvalue weighted by Crippen LogP contribution is -2.25. The number of pyridine rings is 1. The van der Waals surface area contributed by atoms with Gasteiger partial charge in [-0.1, -0.05) is 0 Å². The first-order valence-electron chi connectivity index (χ1n) is 6.68. The lowest BCUT2D eigenvalue weighted by atomic mass is 10.1. The fraction of sp³-hybridized carbons (Fsp3) is 0.571. The number of halogens is 1. The molecule has 19 heavy (non-hydrogen) atoms. The van der Waals surface area contributed by atoms with Crippen LogP contribution in [0.2, 0.25) is 0 Å². The topological polar surface area (TPSA) is 30.7 Å². The van der Waals surface area contributed by atoms with Gasteiger partial charge in [0.05, 0.1) is 5.38 Å². The molecule has 3 rings (SSSR count). The molecular formula is C14H18ClN3S. The van der Waals surface area contributed by atoms with Crippen molar-refractivity contribution in [3.8, 4) is 0 Å². The molecule has 3 heterocycles. The molecule has 0 amide bonds. The molecule has 0 aliphatic carbocycles. The van der Waals surface area contributed by atoms with Crippen LogP contribution < -0.4 is 0 Å². The molecule has 0 radical (unpaired) electrons. The molecular weight excluding hydrogens is 278 g/mol. The molecule has 1 fully saturated rings. The smallest absolute Gasteiger partial charge is 0.160 e. The highest BCUT2D eigenvalue weighted by molar-refractivity contribution is 8.00. The van der Waals surface area contributed by atoms with E-state index in [1.54, 1.807) is 0 Å². The molecule has 1 saturated heterocycles. The summed E-state index contributed by atoms with van der Waals surface area (Å²) in [5, 5.41) is -0.0933. The first kappa shape index (κ1) is 13.3. The third-order valence-electron chi connectivity index (χ3n) is 3.68. The zero-order chi connectivity index (χ0) is 13.5. The number of rotatable bonds is 3. The van der Waals surface area contributed by atoms with Crippen molar-refractivity contribution in [2.45, 2.75) is 43.4 Å². The van der Waals surface area contributed by atoms with E-state index in [-0.39, 0.29) is 10.1 Å². The maximum Gasteiger partial charge on any atom is 0.160 e. The van der Waals surface area contributed by atoms with E-state index in [2.05, 4.69) is 33.2 Å². The Hall–Kier alpha value is -0.740. The first-order valence-corrected chi connectivity index (χ1v) is 8.10. The number of hydrogen-bond acceptors (Lipinski definition) is 3. The molecule has 2 aromatic heterocycles. The number of hydrogen-bond donors (Lipinski definition) is 0. The molecule has 0 saturated carbocycles. The molecule has 0 bridgehead atoms. The Labute approximate surface area is 122 Å². The van der Waals surface area contributed by atoms with Crippen molar-refractivity contribution in [2.75, 3.05) is 5.75 Å². The third-order valence-corrected chi connectivity index (χ3v) is 5.40. The van der Waals surface area contributed by atoms with Gasteiger partial charge in [0.1, 0.15) is 11.3 Å². The minimum Gasteiger partial charge on any atom is -0.310 e. The van der Waals surface area contributed by atoms with E-state index >= 15 is 0 Å². The number of thioether (sulfide) groups is 1. The zero-order valence-corrected chi connectivity index (χ0v) is 12.8. The molecule has 102 valence electrons. The predicted molar refractivity (Wildman–Crippen MR) is 81.9 cm³/mol. The summed E-state index contributed by atoms with van der Waals surface area (Å²) >= 11 is 8.35. The Morgan fingerprint density at radius 2 is 2.42 bits per heavy atom. The Morgan fingerprint density at radius 1 is 1.58 bits per heavy atom. The summed E-state index contributed by atoms with van der Waals surface area (Å²) in [6, 6.07) is 3.93. The van der Waals surface area contributed by atoms with Gasteiger partial charge in [0.2, 0.25) is 0 Å². The van der Waals surface area contributed by atoms with E-state index in [9.17, 15) is 0 Å². The van der Waals surface area contributed by atoms with Gasteiger partial charge in [-0.25, -0.2) is 9.97 Å². The highest BCUT2D eigenvalue weighted by Crippen LogP contribution is 2.40. The highest BCUT2D eigenvalue weighted by Gasteiger charge is 2.32. The van der Waals surface area contributed by atoms with E-state index in [0.29, 0.717) is 0 Å². The van der Waals surface area contributed by atoms with Crippen LogP contribution in [-0.2, 0) is 6.54 Å². The van der Waals surface area contributed by atoms with Crippen molar-refractivity contribution < 1.29 is 0 Å². The molecule has 5 heteroatoms. The third kappa shape index (κ3) is 2.48. The number of nitrogens with zero attached hydrogens (tertiary/aromatic N) is 3. The molecule has 1 aliphatic rings. The maximum absolute atomic E-state index is 6.29. The minimum absolute atomic E-state index is 0.0933. The fourth-order valence-electron chi connectivity index (χ4n) is 2.73. The monoisotopic (exact) mass is 295 g/mol. The van der Waals surface area contributed by atoms with Gasteiger partial charge in [0.25, 0.3) is 0 Å². The van der Waals surface area contributed by atoms with Crippen LogP contribution in [0.1, 0.15) is 37.9 Å². The maximum atomic E-state index is 6.29. The molecule has 0 N–H and O–H groups in total. The summed E-state index contributed by atoms with van der Waals surface area (Å²) in [5.74, 6) is 2.19. The molecule has 0 aromatic carbocycles. The minimum atomic E-state index is -0.0933. The van der Waals surface area contributed by atoms with Crippen molar-refractivity contribution >= 4 is 34.5 Å². The van der Waals surface area contributed by atoms with E-state index in [1.807, 2.05) is 25.3 Å². The van der Waals surface area contributed by atoms with Gasteiger partial charge in [-0.2, -0.15) is 11.8 Å². The van der Waals surface area contributed by atoms with Gasteiger partial charge in [-0.15, -0.1) is 11.6 Å². The van der Waals surface area contributed by atoms with Gasteiger partial charge >= 0.3 is 0 Å². The van der Waals surface area contributed by atoms with Crippen LogP contribution in [0.4, 0.5) is 0 Å². The van der Waals surface area contributed by atoms with E-state index in [1.165, 1.54) is 18.6 Å². The van der Waals surface area contributed by atoms with Crippen molar-refractivity contribution in [1.82, 2.24) is 14.5 Å². The average Bonchev–Trinajstić information content (AvgIpc) is 2.95. The molecule has 1 aliphatic heterocycles. The Balaban J connectivity index is 2.07. The summed E-state index contributed by atoms with van der Waals surface area (Å²) in [6.45, 7) is 5.25. The predicted octanol–water partition coefficient (Wildman–Crippen LogP) is 4.02. The lowest BCUT2D eigenvalue weighted by Gasteiger charge is -2.24. The van der Waals surface area contributed by atoms with E-state index < -0.39 is 0 Å². The highest BCUT2D eigenvalue weighted by atomic mass is 35.5. The molecule has 2 unspecified atom stereocenters. The zero-order valence-electron chi connectivity index (χ0n) is 11.3. The second kappa shape index (κ2) is 4.98. The van der Waals surface area contributed by atoms with Gasteiger partial charge in [-0.05, 0) is 44.6 Å². The van der Waals surface area contributed by atoms with Crippen LogP contribution in [0.25, 0.3) is 11.2 Å². The molecule has 3 nitrogen and oxygen atoms in total. The van der Waals surface area contributed by atoms with Gasteiger partial charge < -0.3 is 4.57 Å². The van der Waals surface area contributed by atoms with Crippen LogP contribution >= 0.6 is 23.4 Å². The number of aromatic nitrogens is 3. The van der Waals surface area contributed by atoms with Crippen LogP contribution in [0, 0.1) is 0 Å². The van der Waals surface area contributed by atoms with Crippen LogP contribution in [0.5, 0.6) is 0 Å². The standard InChI is InChI=1S/C14H18ClN3S/c1-10(15)12-17-11-5-3-7-16-13(11)18(12)9-14(2)6-4-8-19-14/h3,5,7,10H,4,6,8-9H2,1-2H3. The van der Waals surface area contributed by atoms with Crippen LogP contribution in [0.15, 0.2) is 18.3 Å². The van der Waals surface area contributed by atoms with Crippen molar-refractivity contribution in [1.29, 1.82) is 0 Å². The summed E-state index contributed by atoms with van der Waals surface area (Å²) in [6.07, 6.45) is 4.38. The van der Waals surface area contributed by atoms with Gasteiger partial charge in [0.15, 0.2) is 5.65 Å². The largest absolute Gasteiger partial charge is 0.310 e. The summed E-state index contributed by atoms with van der Waals surface area (Å²) < 4.78 is 2.50. The average molecular weight is 296 g/mol. The van der Waals surface area contributed by atoms with Crippen LogP contribution in [-0.4, -0.2) is 25.0 Å². The number of alkyl halides is 1. The number of fused-ring (bicyclic) bond motifs is 1. The second-order valence-corrected chi connectivity index (χ2v) is 7.76. The van der Waals surface area contributed by atoms with Gasteiger partial charge in [0, 0.05) is 17.5 Å². The quantitative estimate of drug-likeness (QED) is 0.801. The van der Waals surface area contributed by atoms with E-state index in [4.69, 9.17) is 11.6 Å². The fourth-order valence-corrected chi connectivity index (χ4v) is 4.19. The summed E-state index contributed by atoms with van der Waals surface area (Å²) in [5.41, 5.74) is 1.90. The lowest BCUT2D eigenvalue weighted by molar-refractivity contribution is 0.504. The van der Waals surface area contributed by atoms with E-state index in [0.717, 1.165) is 23.5 Å². The Bertz CT molecular complexity index is 587. The molecule has 2 aromatic rings. The Morgan fingerprint density at radius 3 is 3.11 bits per heavy atom.